The van der Waals surface area contributed by atoms with Crippen LogP contribution in [0.15, 0.2) is 0 Å². The van der Waals surface area contributed by atoms with E-state index in [1.807, 2.05) is 4.90 Å². The SMILES string of the molecule is N#CC1(N2CC(Br)CC2=O)CCCCC1. The minimum Gasteiger partial charge on any atom is -0.323 e. The summed E-state index contributed by atoms with van der Waals surface area (Å²) in [7, 11) is 0. The van der Waals surface area contributed by atoms with E-state index < -0.39 is 5.54 Å². The lowest BCUT2D eigenvalue weighted by atomic mass is 9.81. The molecule has 1 aliphatic carbocycles. The molecule has 1 aliphatic heterocycles. The zero-order valence-corrected chi connectivity index (χ0v) is 10.3. The fraction of sp³-hybridized carbons (Fsp3) is 0.818. The molecule has 0 spiro atoms. The van der Waals surface area contributed by atoms with Crippen LogP contribution in [0.2, 0.25) is 0 Å². The van der Waals surface area contributed by atoms with Gasteiger partial charge in [0.05, 0.1) is 6.07 Å². The third kappa shape index (κ3) is 1.90. The molecule has 2 rings (SSSR count). The number of amides is 1. The Labute approximate surface area is 98.6 Å². The quantitative estimate of drug-likeness (QED) is 0.686. The summed E-state index contributed by atoms with van der Waals surface area (Å²) in [6, 6.07) is 2.39. The molecule has 2 aliphatic rings. The lowest BCUT2D eigenvalue weighted by molar-refractivity contribution is -0.132. The zero-order chi connectivity index (χ0) is 10.9. The Balaban J connectivity index is 2.19. The van der Waals surface area contributed by atoms with Gasteiger partial charge < -0.3 is 4.90 Å². The van der Waals surface area contributed by atoms with Crippen LogP contribution < -0.4 is 0 Å². The summed E-state index contributed by atoms with van der Waals surface area (Å²) in [5.74, 6) is 0.139. The normalized spacial score (nSPS) is 30.3. The summed E-state index contributed by atoms with van der Waals surface area (Å²) in [6.07, 6.45) is 5.60. The van der Waals surface area contributed by atoms with E-state index in [9.17, 15) is 10.1 Å². The van der Waals surface area contributed by atoms with Crippen molar-refractivity contribution < 1.29 is 4.79 Å². The molecule has 1 amide bonds. The third-order valence-corrected chi connectivity index (χ3v) is 4.10. The lowest BCUT2D eigenvalue weighted by Crippen LogP contribution is -2.49. The molecule has 15 heavy (non-hydrogen) atoms. The molecule has 1 saturated heterocycles. The average molecular weight is 271 g/mol. The van der Waals surface area contributed by atoms with Gasteiger partial charge in [0, 0.05) is 17.8 Å². The van der Waals surface area contributed by atoms with E-state index in [1.54, 1.807) is 0 Å². The summed E-state index contributed by atoms with van der Waals surface area (Å²) in [5, 5.41) is 9.35. The average Bonchev–Trinajstić information content (AvgIpc) is 2.59. The highest BCUT2D eigenvalue weighted by molar-refractivity contribution is 9.09. The summed E-state index contributed by atoms with van der Waals surface area (Å²) < 4.78 is 0. The van der Waals surface area contributed by atoms with Crippen LogP contribution >= 0.6 is 15.9 Å². The molecular weight excluding hydrogens is 256 g/mol. The Kier molecular flexibility index (Phi) is 3.01. The first-order valence-corrected chi connectivity index (χ1v) is 6.45. The van der Waals surface area contributed by atoms with Crippen LogP contribution in [0, 0.1) is 11.3 Å². The maximum Gasteiger partial charge on any atom is 0.225 e. The summed E-state index contributed by atoms with van der Waals surface area (Å²) in [6.45, 7) is 0.701. The van der Waals surface area contributed by atoms with E-state index in [4.69, 9.17) is 0 Å². The Hall–Kier alpha value is -0.560. The predicted molar refractivity (Wildman–Crippen MR) is 60.5 cm³/mol. The van der Waals surface area contributed by atoms with Gasteiger partial charge in [0.2, 0.25) is 5.91 Å². The molecule has 0 aromatic carbocycles. The van der Waals surface area contributed by atoms with Crippen molar-refractivity contribution in [1.29, 1.82) is 5.26 Å². The second-order valence-corrected chi connectivity index (χ2v) is 5.80. The molecule has 1 heterocycles. The molecule has 3 nitrogen and oxygen atoms in total. The van der Waals surface area contributed by atoms with Crippen molar-refractivity contribution in [3.8, 4) is 6.07 Å². The van der Waals surface area contributed by atoms with Gasteiger partial charge in [0.1, 0.15) is 5.54 Å². The number of halogens is 1. The van der Waals surface area contributed by atoms with E-state index in [-0.39, 0.29) is 10.7 Å². The largest absolute Gasteiger partial charge is 0.323 e. The molecule has 1 unspecified atom stereocenters. The van der Waals surface area contributed by atoms with Crippen LogP contribution in [0.25, 0.3) is 0 Å². The monoisotopic (exact) mass is 270 g/mol. The molecule has 0 aromatic rings. The van der Waals surface area contributed by atoms with Crippen LogP contribution in [-0.2, 0) is 4.79 Å². The summed E-state index contributed by atoms with van der Waals surface area (Å²) >= 11 is 3.47. The van der Waals surface area contributed by atoms with Gasteiger partial charge in [-0.3, -0.25) is 4.79 Å². The number of likely N-dealkylation sites (tertiary alicyclic amines) is 1. The van der Waals surface area contributed by atoms with Gasteiger partial charge in [-0.1, -0.05) is 35.2 Å². The number of nitrogens with zero attached hydrogens (tertiary/aromatic N) is 2. The standard InChI is InChI=1S/C11H15BrN2O/c12-9-6-10(15)14(7-9)11(8-13)4-2-1-3-5-11/h9H,1-7H2. The predicted octanol–water partition coefficient (Wildman–Crippen LogP) is 2.21. The topological polar surface area (TPSA) is 44.1 Å². The first-order valence-electron chi connectivity index (χ1n) is 5.54. The van der Waals surface area contributed by atoms with Gasteiger partial charge in [-0.15, -0.1) is 0 Å². The fourth-order valence-corrected chi connectivity index (χ4v) is 3.22. The summed E-state index contributed by atoms with van der Waals surface area (Å²) in [4.78, 5) is 13.8. The van der Waals surface area contributed by atoms with Crippen LogP contribution in [0.1, 0.15) is 38.5 Å². The minimum atomic E-state index is -0.488. The maximum atomic E-state index is 11.8. The van der Waals surface area contributed by atoms with Gasteiger partial charge in [-0.05, 0) is 12.8 Å². The molecule has 1 atom stereocenters. The van der Waals surface area contributed by atoms with Crippen LogP contribution in [-0.4, -0.2) is 27.7 Å². The molecule has 4 heteroatoms. The smallest absolute Gasteiger partial charge is 0.225 e. The first kappa shape index (κ1) is 10.9. The van der Waals surface area contributed by atoms with Crippen LogP contribution in [0.5, 0.6) is 0 Å². The second-order valence-electron chi connectivity index (χ2n) is 4.51. The number of alkyl halides is 1. The van der Waals surface area contributed by atoms with Crippen molar-refractivity contribution in [3.63, 3.8) is 0 Å². The number of carbonyl (C=O) groups is 1. The molecule has 0 aromatic heterocycles. The van der Waals surface area contributed by atoms with Crippen LogP contribution in [0.4, 0.5) is 0 Å². The van der Waals surface area contributed by atoms with Crippen LogP contribution in [0.3, 0.4) is 0 Å². The van der Waals surface area contributed by atoms with Crippen molar-refractivity contribution in [2.45, 2.75) is 48.9 Å². The first-order chi connectivity index (χ1) is 7.18. The van der Waals surface area contributed by atoms with Crippen molar-refractivity contribution in [2.24, 2.45) is 0 Å². The molecule has 0 N–H and O–H groups in total. The highest BCUT2D eigenvalue weighted by Gasteiger charge is 2.44. The van der Waals surface area contributed by atoms with E-state index in [2.05, 4.69) is 22.0 Å². The Bertz CT molecular complexity index is 304. The van der Waals surface area contributed by atoms with E-state index in [0.717, 1.165) is 25.7 Å². The van der Waals surface area contributed by atoms with E-state index in [1.165, 1.54) is 6.42 Å². The summed E-state index contributed by atoms with van der Waals surface area (Å²) in [5.41, 5.74) is -0.488. The number of hydrogen-bond donors (Lipinski definition) is 0. The van der Waals surface area contributed by atoms with Gasteiger partial charge in [0.15, 0.2) is 0 Å². The maximum absolute atomic E-state index is 11.8. The Morgan fingerprint density at radius 3 is 2.53 bits per heavy atom. The number of carbonyl (C=O) groups excluding carboxylic acids is 1. The molecule has 1 saturated carbocycles. The van der Waals surface area contributed by atoms with E-state index >= 15 is 0 Å². The molecule has 82 valence electrons. The minimum absolute atomic E-state index is 0.139. The number of hydrogen-bond acceptors (Lipinski definition) is 2. The Morgan fingerprint density at radius 1 is 1.40 bits per heavy atom. The molecule has 0 bridgehead atoms. The van der Waals surface area contributed by atoms with Crippen molar-refractivity contribution >= 4 is 21.8 Å². The molecule has 0 radical (unpaired) electrons. The van der Waals surface area contributed by atoms with Gasteiger partial charge in [-0.25, -0.2) is 0 Å². The highest BCUT2D eigenvalue weighted by atomic mass is 79.9. The lowest BCUT2D eigenvalue weighted by Gasteiger charge is -2.39. The van der Waals surface area contributed by atoms with Crippen molar-refractivity contribution in [3.05, 3.63) is 0 Å². The number of nitriles is 1. The van der Waals surface area contributed by atoms with Crippen molar-refractivity contribution in [1.82, 2.24) is 4.90 Å². The molecule has 2 fully saturated rings. The van der Waals surface area contributed by atoms with Crippen molar-refractivity contribution in [2.75, 3.05) is 6.54 Å². The second kappa shape index (κ2) is 4.13. The zero-order valence-electron chi connectivity index (χ0n) is 8.71. The molecular formula is C11H15BrN2O. The van der Waals surface area contributed by atoms with Gasteiger partial charge in [-0.2, -0.15) is 5.26 Å². The van der Waals surface area contributed by atoms with Gasteiger partial charge in [0.25, 0.3) is 0 Å². The Morgan fingerprint density at radius 2 is 2.07 bits per heavy atom. The third-order valence-electron chi connectivity index (χ3n) is 3.48. The van der Waals surface area contributed by atoms with E-state index in [0.29, 0.717) is 13.0 Å². The highest BCUT2D eigenvalue weighted by Crippen LogP contribution is 2.36. The fourth-order valence-electron chi connectivity index (χ4n) is 2.66. The van der Waals surface area contributed by atoms with Gasteiger partial charge >= 0.3 is 0 Å². The number of rotatable bonds is 1.